The minimum absolute atomic E-state index is 0.231. The van der Waals surface area contributed by atoms with E-state index < -0.39 is 10.8 Å². The van der Waals surface area contributed by atoms with Crippen molar-refractivity contribution in [1.29, 1.82) is 0 Å². The zero-order valence-electron chi connectivity index (χ0n) is 15.3. The molecule has 0 unspecified atom stereocenters. The first-order valence-electron chi connectivity index (χ1n) is 9.11. The summed E-state index contributed by atoms with van der Waals surface area (Å²) in [5, 5.41) is 10.1. The molecule has 29 heavy (non-hydrogen) atoms. The molecule has 1 aliphatic heterocycles. The van der Waals surface area contributed by atoms with Crippen molar-refractivity contribution >= 4 is 44.9 Å². The van der Waals surface area contributed by atoms with E-state index in [1.165, 1.54) is 0 Å². The van der Waals surface area contributed by atoms with E-state index in [2.05, 4.69) is 10.4 Å². The Morgan fingerprint density at radius 1 is 1.03 bits per heavy atom. The highest BCUT2D eigenvalue weighted by molar-refractivity contribution is 7.83. The van der Waals surface area contributed by atoms with Crippen LogP contribution in [-0.4, -0.2) is 19.9 Å². The van der Waals surface area contributed by atoms with Crippen LogP contribution in [0.3, 0.4) is 0 Å². The van der Waals surface area contributed by atoms with Gasteiger partial charge in [-0.1, -0.05) is 54.1 Å². The summed E-state index contributed by atoms with van der Waals surface area (Å²) < 4.78 is 13.8. The Kier molecular flexibility index (Phi) is 4.45. The molecule has 1 aliphatic rings. The summed E-state index contributed by atoms with van der Waals surface area (Å²) >= 11 is 6.15. The summed E-state index contributed by atoms with van der Waals surface area (Å²) in [6.45, 7) is 0. The maximum absolute atomic E-state index is 13.2. The van der Waals surface area contributed by atoms with Crippen LogP contribution in [0.25, 0.3) is 16.5 Å². The van der Waals surface area contributed by atoms with E-state index in [4.69, 9.17) is 11.6 Å². The van der Waals surface area contributed by atoms with Gasteiger partial charge < -0.3 is 5.32 Å². The van der Waals surface area contributed by atoms with Gasteiger partial charge in [-0.2, -0.15) is 5.10 Å². The SMILES string of the molecule is O=C(Nc1c2c(nn1-c1cccc(Cl)c1)C[S@@](=O)C2)c1cccc2ccccc12. The molecular formula is C22H16ClN3O2S. The van der Waals surface area contributed by atoms with Crippen LogP contribution in [0.2, 0.25) is 5.02 Å². The quantitative estimate of drug-likeness (QED) is 0.521. The second-order valence-electron chi connectivity index (χ2n) is 6.87. The average molecular weight is 422 g/mol. The Morgan fingerprint density at radius 2 is 1.83 bits per heavy atom. The predicted octanol–water partition coefficient (Wildman–Crippen LogP) is 4.69. The van der Waals surface area contributed by atoms with E-state index in [1.807, 2.05) is 48.5 Å². The maximum atomic E-state index is 13.2. The fourth-order valence-corrected chi connectivity index (χ4v) is 5.10. The standard InChI is InChI=1S/C22H16ClN3O2S/c23-15-7-4-8-16(11-15)26-21(19-12-29(28)13-20(19)25-26)24-22(27)18-10-3-6-14-5-1-2-9-17(14)18/h1-11H,12-13H2,(H,24,27)/t29-/m0/s1. The molecule has 0 spiro atoms. The Bertz CT molecular complexity index is 1290. The molecule has 5 nitrogen and oxygen atoms in total. The largest absolute Gasteiger partial charge is 0.306 e. The smallest absolute Gasteiger partial charge is 0.257 e. The van der Waals surface area contributed by atoms with Gasteiger partial charge in [-0.3, -0.25) is 9.00 Å². The van der Waals surface area contributed by atoms with E-state index >= 15 is 0 Å². The normalized spacial score (nSPS) is 15.4. The molecule has 1 N–H and O–H groups in total. The average Bonchev–Trinajstić information content (AvgIpc) is 3.24. The van der Waals surface area contributed by atoms with Crippen molar-refractivity contribution in [1.82, 2.24) is 9.78 Å². The maximum Gasteiger partial charge on any atom is 0.257 e. The molecule has 0 bridgehead atoms. The molecular weight excluding hydrogens is 406 g/mol. The van der Waals surface area contributed by atoms with Crippen LogP contribution in [0.4, 0.5) is 5.82 Å². The molecule has 4 aromatic rings. The molecule has 1 aromatic heterocycles. The number of nitrogens with zero attached hydrogens (tertiary/aromatic N) is 2. The van der Waals surface area contributed by atoms with Crippen LogP contribution in [-0.2, 0) is 22.3 Å². The summed E-state index contributed by atoms with van der Waals surface area (Å²) in [6, 6.07) is 20.7. The fourth-order valence-electron chi connectivity index (χ4n) is 3.65. The summed E-state index contributed by atoms with van der Waals surface area (Å²) in [7, 11) is -1.00. The molecule has 1 amide bonds. The third-order valence-corrected chi connectivity index (χ3v) is 6.43. The van der Waals surface area contributed by atoms with E-state index in [-0.39, 0.29) is 5.91 Å². The number of carbonyl (C=O) groups is 1. The highest BCUT2D eigenvalue weighted by atomic mass is 35.5. The van der Waals surface area contributed by atoms with Crippen molar-refractivity contribution in [3.63, 3.8) is 0 Å². The number of amides is 1. The third-order valence-electron chi connectivity index (χ3n) is 4.99. The number of carbonyl (C=O) groups excluding carboxylic acids is 1. The van der Waals surface area contributed by atoms with Crippen molar-refractivity contribution in [3.05, 3.63) is 88.6 Å². The molecule has 0 saturated carbocycles. The lowest BCUT2D eigenvalue weighted by Gasteiger charge is -2.12. The minimum Gasteiger partial charge on any atom is -0.306 e. The van der Waals surface area contributed by atoms with Crippen LogP contribution >= 0.6 is 11.6 Å². The first-order valence-corrected chi connectivity index (χ1v) is 11.0. The first-order chi connectivity index (χ1) is 14.1. The van der Waals surface area contributed by atoms with Gasteiger partial charge in [-0.15, -0.1) is 0 Å². The van der Waals surface area contributed by atoms with Crippen LogP contribution in [0, 0.1) is 0 Å². The van der Waals surface area contributed by atoms with Crippen LogP contribution in [0.5, 0.6) is 0 Å². The van der Waals surface area contributed by atoms with Crippen molar-refractivity contribution < 1.29 is 9.00 Å². The molecule has 0 radical (unpaired) electrons. The molecule has 1 atom stereocenters. The Balaban J connectivity index is 1.60. The molecule has 0 saturated heterocycles. The van der Waals surface area contributed by atoms with Crippen molar-refractivity contribution in [2.75, 3.05) is 5.32 Å². The summed E-state index contributed by atoms with van der Waals surface area (Å²) in [5.74, 6) is 1.08. The topological polar surface area (TPSA) is 64.0 Å². The van der Waals surface area contributed by atoms with Crippen molar-refractivity contribution in [3.8, 4) is 5.69 Å². The predicted molar refractivity (Wildman–Crippen MR) is 116 cm³/mol. The number of rotatable bonds is 3. The van der Waals surface area contributed by atoms with E-state index in [0.29, 0.717) is 27.9 Å². The number of hydrogen-bond acceptors (Lipinski definition) is 3. The molecule has 2 heterocycles. The number of nitrogens with one attached hydrogen (secondary N) is 1. The van der Waals surface area contributed by atoms with Gasteiger partial charge in [0.05, 0.1) is 22.9 Å². The lowest BCUT2D eigenvalue weighted by atomic mass is 10.0. The Morgan fingerprint density at radius 3 is 2.69 bits per heavy atom. The van der Waals surface area contributed by atoms with Crippen LogP contribution < -0.4 is 5.32 Å². The first kappa shape index (κ1) is 18.1. The number of fused-ring (bicyclic) bond motifs is 2. The monoisotopic (exact) mass is 421 g/mol. The van der Waals surface area contributed by atoms with Gasteiger partial charge in [0.25, 0.3) is 5.91 Å². The number of anilines is 1. The van der Waals surface area contributed by atoms with E-state index in [0.717, 1.165) is 27.7 Å². The van der Waals surface area contributed by atoms with E-state index in [1.54, 1.807) is 22.9 Å². The molecule has 144 valence electrons. The fraction of sp³-hybridized carbons (Fsp3) is 0.0909. The zero-order chi connectivity index (χ0) is 20.0. The van der Waals surface area contributed by atoms with Gasteiger partial charge in [0.2, 0.25) is 0 Å². The molecule has 7 heteroatoms. The number of aromatic nitrogens is 2. The van der Waals surface area contributed by atoms with Crippen LogP contribution in [0.15, 0.2) is 66.7 Å². The lowest BCUT2D eigenvalue weighted by Crippen LogP contribution is -2.17. The minimum atomic E-state index is -1.00. The molecule has 0 aliphatic carbocycles. The summed E-state index contributed by atoms with van der Waals surface area (Å²) in [5.41, 5.74) is 2.88. The van der Waals surface area contributed by atoms with Gasteiger partial charge in [0.15, 0.2) is 0 Å². The third kappa shape index (κ3) is 3.24. The summed E-state index contributed by atoms with van der Waals surface area (Å²) in [6.07, 6.45) is 0. The number of halogens is 1. The Hall–Kier alpha value is -2.96. The van der Waals surface area contributed by atoms with Crippen molar-refractivity contribution in [2.45, 2.75) is 11.5 Å². The van der Waals surface area contributed by atoms with Gasteiger partial charge in [0.1, 0.15) is 5.82 Å². The highest BCUT2D eigenvalue weighted by Gasteiger charge is 2.28. The van der Waals surface area contributed by atoms with Crippen molar-refractivity contribution in [2.24, 2.45) is 0 Å². The van der Waals surface area contributed by atoms with Gasteiger partial charge in [-0.05, 0) is 35.0 Å². The Labute approximate surface area is 174 Å². The van der Waals surface area contributed by atoms with E-state index in [9.17, 15) is 9.00 Å². The number of benzene rings is 3. The van der Waals surface area contributed by atoms with Crippen LogP contribution in [0.1, 0.15) is 21.6 Å². The summed E-state index contributed by atoms with van der Waals surface area (Å²) in [4.78, 5) is 13.2. The van der Waals surface area contributed by atoms with Gasteiger partial charge in [0, 0.05) is 26.9 Å². The van der Waals surface area contributed by atoms with Gasteiger partial charge in [-0.25, -0.2) is 4.68 Å². The highest BCUT2D eigenvalue weighted by Crippen LogP contribution is 2.32. The van der Waals surface area contributed by atoms with Gasteiger partial charge >= 0.3 is 0 Å². The molecule has 3 aromatic carbocycles. The second kappa shape index (κ2) is 7.13. The molecule has 5 rings (SSSR count). The second-order valence-corrected chi connectivity index (χ2v) is 8.77. The zero-order valence-corrected chi connectivity index (χ0v) is 16.8. The molecule has 0 fully saturated rings. The number of hydrogen-bond donors (Lipinski definition) is 1. The lowest BCUT2D eigenvalue weighted by molar-refractivity contribution is 0.102.